The summed E-state index contributed by atoms with van der Waals surface area (Å²) in [7, 11) is 0. The summed E-state index contributed by atoms with van der Waals surface area (Å²) in [5.41, 5.74) is 0.993. The molecular formula is C23H40N6O2S2. The van der Waals surface area contributed by atoms with Crippen LogP contribution in [0.5, 0.6) is 0 Å². The van der Waals surface area contributed by atoms with E-state index in [0.717, 1.165) is 77.7 Å². The molecule has 0 bridgehead atoms. The van der Waals surface area contributed by atoms with Gasteiger partial charge in [-0.15, -0.1) is 11.3 Å². The third kappa shape index (κ3) is 10.9. The van der Waals surface area contributed by atoms with Gasteiger partial charge >= 0.3 is 0 Å². The number of aliphatic hydroxyl groups excluding tert-OH is 1. The van der Waals surface area contributed by atoms with Gasteiger partial charge in [-0.1, -0.05) is 39.0 Å². The SMILES string of the molecule is CC.CC.CCO.c1cc2nc(-c3cnc(NCCNCCN4CCOCC4)s3)sc2cn1. The number of morpholine rings is 1. The van der Waals surface area contributed by atoms with Gasteiger partial charge in [0, 0.05) is 58.3 Å². The van der Waals surface area contributed by atoms with Crippen molar-refractivity contribution in [2.24, 2.45) is 0 Å². The lowest BCUT2D eigenvalue weighted by molar-refractivity contribution is 0.0385. The third-order valence-electron chi connectivity index (χ3n) is 4.19. The number of aliphatic hydroxyl groups is 1. The zero-order chi connectivity index (χ0) is 24.3. The Balaban J connectivity index is 0.000000705. The number of aromatic nitrogens is 3. The van der Waals surface area contributed by atoms with Gasteiger partial charge in [0.25, 0.3) is 0 Å². The van der Waals surface area contributed by atoms with Gasteiger partial charge in [0.2, 0.25) is 0 Å². The summed E-state index contributed by atoms with van der Waals surface area (Å²) < 4.78 is 6.47. The van der Waals surface area contributed by atoms with Crippen molar-refractivity contribution in [1.29, 1.82) is 0 Å². The molecule has 0 spiro atoms. The van der Waals surface area contributed by atoms with Crippen LogP contribution in [0.25, 0.3) is 20.1 Å². The third-order valence-corrected chi connectivity index (χ3v) is 6.32. The molecule has 0 aromatic carbocycles. The van der Waals surface area contributed by atoms with E-state index >= 15 is 0 Å². The molecule has 0 amide bonds. The van der Waals surface area contributed by atoms with E-state index in [4.69, 9.17) is 9.84 Å². The first-order chi connectivity index (χ1) is 16.3. The van der Waals surface area contributed by atoms with Gasteiger partial charge in [-0.2, -0.15) is 0 Å². The minimum Gasteiger partial charge on any atom is -0.397 e. The largest absolute Gasteiger partial charge is 0.397 e. The summed E-state index contributed by atoms with van der Waals surface area (Å²) in [5, 5.41) is 16.4. The number of nitrogens with zero attached hydrogens (tertiary/aromatic N) is 4. The Morgan fingerprint density at radius 1 is 1.06 bits per heavy atom. The lowest BCUT2D eigenvalue weighted by Crippen LogP contribution is -2.40. The maximum absolute atomic E-state index is 7.57. The Labute approximate surface area is 206 Å². The molecule has 4 rings (SSSR count). The van der Waals surface area contributed by atoms with Crippen LogP contribution in [0.3, 0.4) is 0 Å². The number of hydrogen-bond acceptors (Lipinski definition) is 10. The van der Waals surface area contributed by atoms with Crippen LogP contribution < -0.4 is 10.6 Å². The van der Waals surface area contributed by atoms with Crippen molar-refractivity contribution < 1.29 is 9.84 Å². The number of fused-ring (bicyclic) bond motifs is 1. The summed E-state index contributed by atoms with van der Waals surface area (Å²) in [5.74, 6) is 0. The average molecular weight is 497 g/mol. The Morgan fingerprint density at radius 2 is 1.79 bits per heavy atom. The van der Waals surface area contributed by atoms with Crippen molar-refractivity contribution in [3.63, 3.8) is 0 Å². The Kier molecular flexibility index (Phi) is 16.6. The van der Waals surface area contributed by atoms with E-state index in [1.54, 1.807) is 35.8 Å². The van der Waals surface area contributed by atoms with Crippen molar-refractivity contribution in [2.75, 3.05) is 64.4 Å². The Morgan fingerprint density at radius 3 is 2.48 bits per heavy atom. The number of ether oxygens (including phenoxy) is 1. The maximum atomic E-state index is 7.57. The summed E-state index contributed by atoms with van der Waals surface area (Å²) in [6.07, 6.45) is 5.53. The van der Waals surface area contributed by atoms with Crippen LogP contribution in [-0.2, 0) is 4.74 Å². The molecule has 3 aromatic rings. The number of hydrogen-bond donors (Lipinski definition) is 3. The molecule has 3 aromatic heterocycles. The summed E-state index contributed by atoms with van der Waals surface area (Å²) in [4.78, 5) is 16.8. The highest BCUT2D eigenvalue weighted by atomic mass is 32.1. The first-order valence-electron chi connectivity index (χ1n) is 11.8. The molecule has 1 aliphatic rings. The number of anilines is 1. The van der Waals surface area contributed by atoms with Crippen molar-refractivity contribution in [3.8, 4) is 9.88 Å². The van der Waals surface area contributed by atoms with E-state index in [1.165, 1.54) is 0 Å². The van der Waals surface area contributed by atoms with Crippen molar-refractivity contribution >= 4 is 38.0 Å². The van der Waals surface area contributed by atoms with Crippen LogP contribution in [-0.4, -0.2) is 84.0 Å². The van der Waals surface area contributed by atoms with E-state index < -0.39 is 0 Å². The van der Waals surface area contributed by atoms with Crippen molar-refractivity contribution in [1.82, 2.24) is 25.2 Å². The van der Waals surface area contributed by atoms with Gasteiger partial charge in [-0.05, 0) is 13.0 Å². The van der Waals surface area contributed by atoms with Crippen LogP contribution in [0.15, 0.2) is 24.7 Å². The van der Waals surface area contributed by atoms with Crippen LogP contribution in [0.1, 0.15) is 34.6 Å². The van der Waals surface area contributed by atoms with Crippen LogP contribution in [0, 0.1) is 0 Å². The van der Waals surface area contributed by atoms with Gasteiger partial charge in [-0.3, -0.25) is 9.88 Å². The topological polar surface area (TPSA) is 95.4 Å². The molecule has 0 saturated carbocycles. The first kappa shape index (κ1) is 29.3. The normalized spacial score (nSPS) is 13.2. The summed E-state index contributed by atoms with van der Waals surface area (Å²) >= 11 is 3.30. The number of rotatable bonds is 8. The molecular weight excluding hydrogens is 456 g/mol. The van der Waals surface area contributed by atoms with E-state index in [2.05, 4.69) is 30.5 Å². The highest BCUT2D eigenvalue weighted by Gasteiger charge is 2.10. The number of nitrogens with one attached hydrogen (secondary N) is 2. The highest BCUT2D eigenvalue weighted by Crippen LogP contribution is 2.34. The van der Waals surface area contributed by atoms with E-state index in [0.29, 0.717) is 0 Å². The molecule has 0 aliphatic carbocycles. The molecule has 10 heteroatoms. The van der Waals surface area contributed by atoms with Gasteiger partial charge in [-0.25, -0.2) is 9.97 Å². The molecule has 3 N–H and O–H groups in total. The van der Waals surface area contributed by atoms with E-state index in [-0.39, 0.29) is 6.61 Å². The molecule has 8 nitrogen and oxygen atoms in total. The molecule has 0 radical (unpaired) electrons. The minimum atomic E-state index is 0.250. The first-order valence-corrected chi connectivity index (χ1v) is 13.5. The van der Waals surface area contributed by atoms with Crippen LogP contribution in [0.2, 0.25) is 0 Å². The van der Waals surface area contributed by atoms with Gasteiger partial charge in [0.15, 0.2) is 5.13 Å². The highest BCUT2D eigenvalue weighted by molar-refractivity contribution is 7.26. The average Bonchev–Trinajstić information content (AvgIpc) is 3.52. The Bertz CT molecular complexity index is 819. The molecule has 1 saturated heterocycles. The summed E-state index contributed by atoms with van der Waals surface area (Å²) in [6.45, 7) is 17.6. The molecule has 4 heterocycles. The molecule has 0 atom stereocenters. The standard InChI is InChI=1S/C17H22N6OS2.C2H6O.2C2H6/c1-2-19-11-14-13(1)22-16(25-14)15-12-21-17(26-15)20-4-3-18-5-6-23-7-9-24-10-8-23;1-2-3;2*1-2/h1-2,11-12,18H,3-10H2,(H,20,21);3H,2H2,1H3;2*1-2H3. The van der Waals surface area contributed by atoms with Crippen molar-refractivity contribution in [3.05, 3.63) is 24.7 Å². The van der Waals surface area contributed by atoms with E-state index in [1.807, 2.05) is 46.2 Å². The lowest BCUT2D eigenvalue weighted by Gasteiger charge is -2.26. The predicted octanol–water partition coefficient (Wildman–Crippen LogP) is 4.20. The molecule has 33 heavy (non-hydrogen) atoms. The quantitative estimate of drug-likeness (QED) is 0.400. The van der Waals surface area contributed by atoms with Gasteiger partial charge in [0.05, 0.1) is 34.5 Å². The number of thiazole rings is 2. The minimum absolute atomic E-state index is 0.250. The zero-order valence-corrected chi connectivity index (χ0v) is 22.3. The van der Waals surface area contributed by atoms with Crippen LogP contribution >= 0.6 is 22.7 Å². The second-order valence-electron chi connectivity index (χ2n) is 6.34. The molecule has 0 unspecified atom stereocenters. The monoisotopic (exact) mass is 496 g/mol. The fourth-order valence-electron chi connectivity index (χ4n) is 2.78. The van der Waals surface area contributed by atoms with Crippen molar-refractivity contribution in [2.45, 2.75) is 34.6 Å². The summed E-state index contributed by atoms with van der Waals surface area (Å²) in [6, 6.07) is 1.94. The fraction of sp³-hybridized carbons (Fsp3) is 0.609. The van der Waals surface area contributed by atoms with E-state index in [9.17, 15) is 0 Å². The Hall–Kier alpha value is -1.69. The van der Waals surface area contributed by atoms with Gasteiger partial charge < -0.3 is 20.5 Å². The molecule has 1 fully saturated rings. The zero-order valence-electron chi connectivity index (χ0n) is 20.6. The number of pyridine rings is 1. The smallest absolute Gasteiger partial charge is 0.183 e. The van der Waals surface area contributed by atoms with Gasteiger partial charge in [0.1, 0.15) is 5.01 Å². The predicted molar refractivity (Wildman–Crippen MR) is 143 cm³/mol. The fourth-order valence-corrected chi connectivity index (χ4v) is 4.60. The van der Waals surface area contributed by atoms with Crippen LogP contribution in [0.4, 0.5) is 5.13 Å². The lowest BCUT2D eigenvalue weighted by atomic mass is 10.4. The molecule has 1 aliphatic heterocycles. The maximum Gasteiger partial charge on any atom is 0.183 e. The molecule has 186 valence electrons. The second-order valence-corrected chi connectivity index (χ2v) is 8.40. The second kappa shape index (κ2) is 18.7.